The van der Waals surface area contributed by atoms with E-state index in [9.17, 15) is 28.5 Å². The highest BCUT2D eigenvalue weighted by Gasteiger charge is 2.61. The van der Waals surface area contributed by atoms with E-state index in [1.807, 2.05) is 0 Å². The van der Waals surface area contributed by atoms with Crippen molar-refractivity contribution in [2.45, 2.75) is 16.7 Å². The smallest absolute Gasteiger partial charge is 0.376 e. The van der Waals surface area contributed by atoms with Crippen molar-refractivity contribution >= 4 is 50.3 Å². The van der Waals surface area contributed by atoms with Crippen LogP contribution in [0.3, 0.4) is 0 Å². The van der Waals surface area contributed by atoms with Crippen LogP contribution in [0, 0.1) is 0 Å². The van der Waals surface area contributed by atoms with Gasteiger partial charge in [-0.25, -0.2) is 9.59 Å². The van der Waals surface area contributed by atoms with Crippen molar-refractivity contribution in [2.24, 2.45) is 0 Å². The minimum Gasteiger partial charge on any atom is -0.462 e. The van der Waals surface area contributed by atoms with Gasteiger partial charge in [-0.3, -0.25) is 9.13 Å². The number of carbonyl (C=O) groups is 2. The van der Waals surface area contributed by atoms with Gasteiger partial charge in [0.05, 0.1) is 37.6 Å². The number of benzene rings is 2. The molecule has 0 spiro atoms. The molecule has 0 aliphatic rings. The summed E-state index contributed by atoms with van der Waals surface area (Å²) in [6.07, 6.45) is -0.0350. The van der Waals surface area contributed by atoms with Crippen LogP contribution in [-0.2, 0) is 27.7 Å². The second-order valence-corrected chi connectivity index (χ2v) is 13.6. The van der Waals surface area contributed by atoms with Gasteiger partial charge in [0.1, 0.15) is 0 Å². The highest BCUT2D eigenvalue weighted by Crippen LogP contribution is 2.77. The molecule has 2 unspecified atom stereocenters. The molecule has 2 aromatic carbocycles. The van der Waals surface area contributed by atoms with Gasteiger partial charge in [-0.2, -0.15) is 0 Å². The summed E-state index contributed by atoms with van der Waals surface area (Å²) < 4.78 is 41.1. The number of halogens is 2. The summed E-state index contributed by atoms with van der Waals surface area (Å²) >= 11 is 11.4. The summed E-state index contributed by atoms with van der Waals surface area (Å²) in [4.78, 5) is 43.7. The lowest BCUT2D eigenvalue weighted by atomic mass is 10.2. The Morgan fingerprint density at radius 2 is 1.03 bits per heavy atom. The van der Waals surface area contributed by atoms with Crippen LogP contribution in [0.5, 0.6) is 0 Å². The molecule has 192 valence electrons. The van der Waals surface area contributed by atoms with Gasteiger partial charge in [-0.1, -0.05) is 59.6 Å². The Balaban J connectivity index is 1.73. The maximum absolute atomic E-state index is 12.4. The molecule has 2 rings (SSSR count). The van der Waals surface area contributed by atoms with Crippen molar-refractivity contribution in [3.05, 3.63) is 71.8 Å². The van der Waals surface area contributed by atoms with E-state index in [-0.39, 0.29) is 26.1 Å². The van der Waals surface area contributed by atoms with Crippen molar-refractivity contribution in [2.75, 3.05) is 26.4 Å². The Morgan fingerprint density at radius 3 is 1.37 bits per heavy atom. The number of carbonyl (C=O) groups excluding carboxylic acids is 2. The molecule has 2 atom stereocenters. The molecule has 10 nitrogen and oxygen atoms in total. The summed E-state index contributed by atoms with van der Waals surface area (Å²) in [6, 6.07) is 16.3. The Kier molecular flexibility index (Phi) is 11.4. The number of ether oxygens (including phenoxy) is 2. The average Bonchev–Trinajstić information content (AvgIpc) is 2.84. The fraction of sp³-hybridized carbons (Fsp3) is 0.333. The van der Waals surface area contributed by atoms with E-state index >= 15 is 0 Å². The van der Waals surface area contributed by atoms with E-state index in [0.717, 1.165) is 0 Å². The summed E-state index contributed by atoms with van der Waals surface area (Å²) in [5.74, 6) is -1.19. The van der Waals surface area contributed by atoms with Gasteiger partial charge in [0, 0.05) is 12.8 Å². The van der Waals surface area contributed by atoms with Crippen LogP contribution in [0.1, 0.15) is 33.6 Å². The Bertz CT molecular complexity index is 983. The van der Waals surface area contributed by atoms with Gasteiger partial charge in [0.25, 0.3) is 0 Å². The fourth-order valence-corrected chi connectivity index (χ4v) is 5.73. The van der Waals surface area contributed by atoms with Gasteiger partial charge in [0.15, 0.2) is 0 Å². The van der Waals surface area contributed by atoms with Crippen molar-refractivity contribution in [1.82, 2.24) is 0 Å². The first-order chi connectivity index (χ1) is 16.5. The Hall–Kier alpha value is -1.74. The van der Waals surface area contributed by atoms with Gasteiger partial charge >= 0.3 is 30.9 Å². The standard InChI is InChI=1S/C21H24Cl2O10P2/c22-21(23,34(26,27)32-15-7-13-30-19(24)17-9-3-1-4-10-17)35(28,29)33-16-8-14-31-20(25)18-11-5-2-6-12-18/h1-6,9-12H,7-8,13-16H2,(H,26,27)(H,28,29). The normalized spacial score (nSPS) is 15.0. The number of rotatable bonds is 14. The molecule has 0 bridgehead atoms. The van der Waals surface area contributed by atoms with Gasteiger partial charge in [0.2, 0.25) is 0 Å². The minimum atomic E-state index is -5.08. The molecule has 0 aromatic heterocycles. The van der Waals surface area contributed by atoms with Crippen molar-refractivity contribution < 1.29 is 47.0 Å². The van der Waals surface area contributed by atoms with Crippen molar-refractivity contribution in [3.63, 3.8) is 0 Å². The highest BCUT2D eigenvalue weighted by atomic mass is 35.5. The monoisotopic (exact) mass is 568 g/mol. The molecule has 0 saturated heterocycles. The van der Waals surface area contributed by atoms with E-state index in [0.29, 0.717) is 11.1 Å². The second kappa shape index (κ2) is 13.5. The van der Waals surface area contributed by atoms with E-state index < -0.39 is 44.2 Å². The number of esters is 2. The summed E-state index contributed by atoms with van der Waals surface area (Å²) in [7, 11) is -10.2. The SMILES string of the molecule is O=C(OCCCOP(=O)(O)C(Cl)(Cl)P(=O)(O)OCCCOC(=O)c1ccccc1)c1ccccc1. The summed E-state index contributed by atoms with van der Waals surface area (Å²) in [5, 5.41) is 0. The molecule has 0 saturated carbocycles. The molecular weight excluding hydrogens is 545 g/mol. The number of alkyl halides is 2. The molecule has 0 aliphatic carbocycles. The van der Waals surface area contributed by atoms with Gasteiger partial charge < -0.3 is 28.3 Å². The fourth-order valence-electron chi connectivity index (χ4n) is 2.45. The van der Waals surface area contributed by atoms with Crippen LogP contribution >= 0.6 is 38.4 Å². The van der Waals surface area contributed by atoms with E-state index in [2.05, 4.69) is 0 Å². The number of hydrogen-bond donors (Lipinski definition) is 2. The zero-order valence-electron chi connectivity index (χ0n) is 18.3. The molecule has 0 fully saturated rings. The molecule has 0 radical (unpaired) electrons. The Labute approximate surface area is 212 Å². The van der Waals surface area contributed by atoms with Crippen LogP contribution in [-0.4, -0.2) is 52.0 Å². The molecule has 2 aromatic rings. The van der Waals surface area contributed by atoms with E-state index in [1.54, 1.807) is 60.7 Å². The second-order valence-electron chi connectivity index (χ2n) is 6.93. The van der Waals surface area contributed by atoms with E-state index in [4.69, 9.17) is 41.7 Å². The minimum absolute atomic E-state index is 0.0175. The van der Waals surface area contributed by atoms with Crippen molar-refractivity contribution in [1.29, 1.82) is 0 Å². The third-order valence-corrected chi connectivity index (χ3v) is 10.8. The van der Waals surface area contributed by atoms with Crippen molar-refractivity contribution in [3.8, 4) is 0 Å². The first-order valence-corrected chi connectivity index (χ1v) is 14.2. The van der Waals surface area contributed by atoms with Gasteiger partial charge in [-0.05, 0) is 24.3 Å². The maximum atomic E-state index is 12.4. The predicted octanol–water partition coefficient (Wildman–Crippen LogP) is 4.97. The van der Waals surface area contributed by atoms with Crippen LogP contribution in [0.25, 0.3) is 0 Å². The first kappa shape index (κ1) is 29.5. The lowest BCUT2D eigenvalue weighted by Gasteiger charge is -2.28. The predicted molar refractivity (Wildman–Crippen MR) is 129 cm³/mol. The average molecular weight is 569 g/mol. The first-order valence-electron chi connectivity index (χ1n) is 10.2. The van der Waals surface area contributed by atoms with Gasteiger partial charge in [-0.15, -0.1) is 0 Å². The lowest BCUT2D eigenvalue weighted by Crippen LogP contribution is -2.19. The lowest BCUT2D eigenvalue weighted by molar-refractivity contribution is 0.0475. The quantitative estimate of drug-likeness (QED) is 0.138. The summed E-state index contributed by atoms with van der Waals surface area (Å²) in [6.45, 7) is -1.21. The molecule has 0 heterocycles. The molecule has 14 heteroatoms. The summed E-state index contributed by atoms with van der Waals surface area (Å²) in [5.41, 5.74) is 0.657. The van der Waals surface area contributed by atoms with E-state index in [1.165, 1.54) is 0 Å². The van der Waals surface area contributed by atoms with Crippen LogP contribution in [0.15, 0.2) is 60.7 Å². The largest absolute Gasteiger partial charge is 0.462 e. The number of hydrogen-bond acceptors (Lipinski definition) is 8. The topological polar surface area (TPSA) is 146 Å². The molecular formula is C21H24Cl2O10P2. The molecule has 0 aliphatic heterocycles. The van der Waals surface area contributed by atoms with Crippen LogP contribution in [0.2, 0.25) is 0 Å². The third kappa shape index (κ3) is 8.70. The molecule has 0 amide bonds. The van der Waals surface area contributed by atoms with Crippen LogP contribution < -0.4 is 0 Å². The third-order valence-electron chi connectivity index (χ3n) is 4.28. The maximum Gasteiger partial charge on any atom is 0.376 e. The zero-order chi connectivity index (χ0) is 26.0. The molecule has 2 N–H and O–H groups in total. The zero-order valence-corrected chi connectivity index (χ0v) is 21.6. The molecule has 35 heavy (non-hydrogen) atoms. The Morgan fingerprint density at radius 1 is 0.686 bits per heavy atom. The van der Waals surface area contributed by atoms with Crippen LogP contribution in [0.4, 0.5) is 0 Å². The highest BCUT2D eigenvalue weighted by molar-refractivity contribution is 7.79.